The predicted octanol–water partition coefficient (Wildman–Crippen LogP) is 4.44. The number of hydrogen-bond acceptors (Lipinski definition) is 4. The van der Waals surface area contributed by atoms with Crippen molar-refractivity contribution in [3.8, 4) is 16.3 Å². The van der Waals surface area contributed by atoms with Gasteiger partial charge in [0.25, 0.3) is 5.91 Å². The second-order valence-electron chi connectivity index (χ2n) is 5.36. The summed E-state index contributed by atoms with van der Waals surface area (Å²) in [5, 5.41) is 6.48. The van der Waals surface area contributed by atoms with Crippen molar-refractivity contribution in [1.29, 1.82) is 0 Å². The molecule has 128 valence electrons. The van der Waals surface area contributed by atoms with E-state index < -0.39 is 0 Å². The molecule has 0 aliphatic carbocycles. The fourth-order valence-electron chi connectivity index (χ4n) is 2.35. The first-order valence-corrected chi connectivity index (χ1v) is 9.04. The van der Waals surface area contributed by atoms with Gasteiger partial charge in [0.1, 0.15) is 10.8 Å². The van der Waals surface area contributed by atoms with Crippen molar-refractivity contribution in [2.24, 2.45) is 0 Å². The molecule has 0 spiro atoms. The Morgan fingerprint density at radius 1 is 1.24 bits per heavy atom. The van der Waals surface area contributed by atoms with E-state index in [0.29, 0.717) is 29.3 Å². The summed E-state index contributed by atoms with van der Waals surface area (Å²) in [4.78, 5) is 16.8. The molecule has 0 unspecified atom stereocenters. The van der Waals surface area contributed by atoms with Gasteiger partial charge in [0.15, 0.2) is 0 Å². The quantitative estimate of drug-likeness (QED) is 0.695. The first-order valence-electron chi connectivity index (χ1n) is 7.79. The van der Waals surface area contributed by atoms with Crippen molar-refractivity contribution in [3.63, 3.8) is 0 Å². The molecule has 0 atom stereocenters. The number of benzene rings is 2. The van der Waals surface area contributed by atoms with Gasteiger partial charge >= 0.3 is 0 Å². The average molecular weight is 373 g/mol. The monoisotopic (exact) mass is 372 g/mol. The van der Waals surface area contributed by atoms with E-state index in [4.69, 9.17) is 16.3 Å². The van der Waals surface area contributed by atoms with Gasteiger partial charge in [-0.15, -0.1) is 11.3 Å². The number of aromatic nitrogens is 1. The van der Waals surface area contributed by atoms with Crippen LogP contribution in [0.3, 0.4) is 0 Å². The van der Waals surface area contributed by atoms with Crippen LogP contribution < -0.4 is 10.1 Å². The van der Waals surface area contributed by atoms with E-state index in [0.717, 1.165) is 16.3 Å². The third-order valence-electron chi connectivity index (χ3n) is 3.65. The lowest BCUT2D eigenvalue weighted by Gasteiger charge is -2.06. The number of carbonyl (C=O) groups is 1. The molecular weight excluding hydrogens is 356 g/mol. The molecule has 0 saturated carbocycles. The highest BCUT2D eigenvalue weighted by Crippen LogP contribution is 2.30. The molecular formula is C19H17ClN2O2S. The second-order valence-corrected chi connectivity index (χ2v) is 6.63. The molecule has 25 heavy (non-hydrogen) atoms. The summed E-state index contributed by atoms with van der Waals surface area (Å²) in [6.07, 6.45) is 0.663. The molecule has 2 aromatic carbocycles. The van der Waals surface area contributed by atoms with Crippen LogP contribution in [0.1, 0.15) is 16.1 Å². The Balaban J connectivity index is 1.57. The van der Waals surface area contributed by atoms with E-state index in [1.54, 1.807) is 36.6 Å². The third kappa shape index (κ3) is 4.38. The Kier molecular flexibility index (Phi) is 5.68. The maximum atomic E-state index is 12.2. The SMILES string of the molecule is COc1cccc(C(=O)NCCc2csc(-c3ccccc3Cl)n2)c1. The summed E-state index contributed by atoms with van der Waals surface area (Å²) < 4.78 is 5.13. The predicted molar refractivity (Wildman–Crippen MR) is 102 cm³/mol. The summed E-state index contributed by atoms with van der Waals surface area (Å²) in [7, 11) is 1.58. The van der Waals surface area contributed by atoms with E-state index in [1.165, 1.54) is 0 Å². The van der Waals surface area contributed by atoms with Crippen molar-refractivity contribution in [2.45, 2.75) is 6.42 Å². The van der Waals surface area contributed by atoms with Crippen molar-refractivity contribution < 1.29 is 9.53 Å². The van der Waals surface area contributed by atoms with Crippen LogP contribution in [0, 0.1) is 0 Å². The van der Waals surface area contributed by atoms with E-state index in [-0.39, 0.29) is 5.91 Å². The maximum Gasteiger partial charge on any atom is 0.251 e. The zero-order valence-electron chi connectivity index (χ0n) is 13.7. The smallest absolute Gasteiger partial charge is 0.251 e. The summed E-state index contributed by atoms with van der Waals surface area (Å²) in [6, 6.07) is 14.7. The molecule has 0 saturated heterocycles. The molecule has 4 nitrogen and oxygen atoms in total. The first-order chi connectivity index (χ1) is 12.2. The molecule has 0 aliphatic heterocycles. The Bertz CT molecular complexity index is 879. The van der Waals surface area contributed by atoms with Gasteiger partial charge in [-0.05, 0) is 24.3 Å². The molecule has 1 amide bonds. The van der Waals surface area contributed by atoms with Crippen LogP contribution in [0.5, 0.6) is 5.75 Å². The number of thiazole rings is 1. The van der Waals surface area contributed by atoms with Crippen molar-refractivity contribution in [1.82, 2.24) is 10.3 Å². The molecule has 0 fully saturated rings. The van der Waals surface area contributed by atoms with Gasteiger partial charge < -0.3 is 10.1 Å². The summed E-state index contributed by atoms with van der Waals surface area (Å²) in [5.41, 5.74) is 2.45. The molecule has 3 aromatic rings. The normalized spacial score (nSPS) is 10.5. The van der Waals surface area contributed by atoms with E-state index in [9.17, 15) is 4.79 Å². The lowest BCUT2D eigenvalue weighted by Crippen LogP contribution is -2.25. The molecule has 6 heteroatoms. The topological polar surface area (TPSA) is 51.2 Å². The van der Waals surface area contributed by atoms with Crippen LogP contribution in [-0.4, -0.2) is 24.5 Å². The molecule has 3 rings (SSSR count). The largest absolute Gasteiger partial charge is 0.497 e. The van der Waals surface area contributed by atoms with Crippen LogP contribution >= 0.6 is 22.9 Å². The van der Waals surface area contributed by atoms with Gasteiger partial charge in [0.2, 0.25) is 0 Å². The zero-order valence-corrected chi connectivity index (χ0v) is 15.2. The molecule has 1 N–H and O–H groups in total. The number of halogens is 1. The number of hydrogen-bond donors (Lipinski definition) is 1. The van der Waals surface area contributed by atoms with Crippen LogP contribution in [0.15, 0.2) is 53.9 Å². The van der Waals surface area contributed by atoms with E-state index >= 15 is 0 Å². The maximum absolute atomic E-state index is 12.2. The van der Waals surface area contributed by atoms with Gasteiger partial charge in [-0.25, -0.2) is 4.98 Å². The number of nitrogens with zero attached hydrogens (tertiary/aromatic N) is 1. The Morgan fingerprint density at radius 2 is 2.08 bits per heavy atom. The van der Waals surface area contributed by atoms with Crippen LogP contribution in [0.25, 0.3) is 10.6 Å². The number of ether oxygens (including phenoxy) is 1. The number of nitrogens with one attached hydrogen (secondary N) is 1. The highest BCUT2D eigenvalue weighted by molar-refractivity contribution is 7.13. The minimum Gasteiger partial charge on any atom is -0.497 e. The van der Waals surface area contributed by atoms with Gasteiger partial charge in [0.05, 0.1) is 17.8 Å². The fraction of sp³-hybridized carbons (Fsp3) is 0.158. The fourth-order valence-corrected chi connectivity index (χ4v) is 3.53. The highest BCUT2D eigenvalue weighted by Gasteiger charge is 2.09. The molecule has 1 heterocycles. The standard InChI is InChI=1S/C19H17ClN2O2S/c1-24-15-6-4-5-13(11-15)18(23)21-10-9-14-12-25-19(22-14)16-7-2-3-8-17(16)20/h2-8,11-12H,9-10H2,1H3,(H,21,23). The second kappa shape index (κ2) is 8.14. The van der Waals surface area contributed by atoms with Crippen molar-refractivity contribution >= 4 is 28.8 Å². The highest BCUT2D eigenvalue weighted by atomic mass is 35.5. The summed E-state index contributed by atoms with van der Waals surface area (Å²) >= 11 is 7.76. The van der Waals surface area contributed by atoms with Crippen LogP contribution in [0.4, 0.5) is 0 Å². The minimum absolute atomic E-state index is 0.125. The lowest BCUT2D eigenvalue weighted by molar-refractivity contribution is 0.0953. The summed E-state index contributed by atoms with van der Waals surface area (Å²) in [6.45, 7) is 0.516. The lowest BCUT2D eigenvalue weighted by atomic mass is 10.2. The van der Waals surface area contributed by atoms with Crippen molar-refractivity contribution in [3.05, 3.63) is 70.2 Å². The van der Waals surface area contributed by atoms with E-state index in [1.807, 2.05) is 35.7 Å². The number of carbonyl (C=O) groups excluding carboxylic acids is 1. The van der Waals surface area contributed by atoms with Crippen LogP contribution in [0.2, 0.25) is 5.02 Å². The Morgan fingerprint density at radius 3 is 2.88 bits per heavy atom. The Hall–Kier alpha value is -2.37. The number of amides is 1. The van der Waals surface area contributed by atoms with Gasteiger partial charge in [-0.3, -0.25) is 4.79 Å². The number of rotatable bonds is 6. The molecule has 0 radical (unpaired) electrons. The van der Waals surface area contributed by atoms with Crippen molar-refractivity contribution in [2.75, 3.05) is 13.7 Å². The Labute approximate surface area is 155 Å². The number of methoxy groups -OCH3 is 1. The van der Waals surface area contributed by atoms with Gasteiger partial charge in [0, 0.05) is 29.5 Å². The third-order valence-corrected chi connectivity index (χ3v) is 4.91. The average Bonchev–Trinajstić information content (AvgIpc) is 3.10. The molecule has 0 bridgehead atoms. The first kappa shape index (κ1) is 17.5. The van der Waals surface area contributed by atoms with Gasteiger partial charge in [-0.2, -0.15) is 0 Å². The van der Waals surface area contributed by atoms with E-state index in [2.05, 4.69) is 10.3 Å². The molecule has 1 aromatic heterocycles. The van der Waals surface area contributed by atoms with Crippen LogP contribution in [-0.2, 0) is 6.42 Å². The minimum atomic E-state index is -0.125. The zero-order chi connectivity index (χ0) is 17.6. The summed E-state index contributed by atoms with van der Waals surface area (Å²) in [5.74, 6) is 0.539. The van der Waals surface area contributed by atoms with Gasteiger partial charge in [-0.1, -0.05) is 35.9 Å². The molecule has 0 aliphatic rings.